The smallest absolute Gasteiger partial charge is 0.331 e. The second-order valence-electron chi connectivity index (χ2n) is 6.45. The highest BCUT2D eigenvalue weighted by Crippen LogP contribution is 2.22. The van der Waals surface area contributed by atoms with Gasteiger partial charge in [0, 0.05) is 16.7 Å². The first-order valence-electron chi connectivity index (χ1n) is 8.71. The van der Waals surface area contributed by atoms with E-state index in [0.717, 1.165) is 32.8 Å². The van der Waals surface area contributed by atoms with Gasteiger partial charge in [-0.1, -0.05) is 29.8 Å². The predicted octanol–water partition coefficient (Wildman–Crippen LogP) is 4.92. The number of anilines is 1. The largest absolute Gasteiger partial charge is 0.449 e. The number of amides is 1. The van der Waals surface area contributed by atoms with Crippen LogP contribution in [-0.2, 0) is 14.3 Å². The van der Waals surface area contributed by atoms with E-state index < -0.39 is 12.1 Å². The Kier molecular flexibility index (Phi) is 7.25. The van der Waals surface area contributed by atoms with Gasteiger partial charge >= 0.3 is 5.97 Å². The minimum atomic E-state index is -0.888. The molecule has 0 aliphatic carbocycles. The van der Waals surface area contributed by atoms with Gasteiger partial charge in [0.25, 0.3) is 5.91 Å². The number of benzene rings is 2. The number of nitrogens with one attached hydrogen (secondary N) is 1. The third kappa shape index (κ3) is 6.00. The summed E-state index contributed by atoms with van der Waals surface area (Å²) in [5.74, 6) is -0.903. The third-order valence-electron chi connectivity index (χ3n) is 4.12. The summed E-state index contributed by atoms with van der Waals surface area (Å²) in [6.07, 6.45) is 4.13. The van der Waals surface area contributed by atoms with Crippen molar-refractivity contribution >= 4 is 35.4 Å². The molecule has 1 amide bonds. The van der Waals surface area contributed by atoms with Crippen LogP contribution in [0.1, 0.15) is 29.2 Å². The standard InChI is InChI=1S/C22H25NO3S/c1-14-12-15(2)21(16(3)13-14)23-22(25)17(4)26-20(24)11-8-18-6-9-19(27-5)10-7-18/h6-13,17H,1-5H3,(H,23,25)/b11-8+/t17-/m1/s1. The van der Waals surface area contributed by atoms with Gasteiger partial charge in [-0.15, -0.1) is 11.8 Å². The number of carbonyl (C=O) groups excluding carboxylic acids is 2. The molecule has 0 saturated carbocycles. The van der Waals surface area contributed by atoms with E-state index in [4.69, 9.17) is 4.74 Å². The molecule has 5 heteroatoms. The molecule has 2 aromatic carbocycles. The lowest BCUT2D eigenvalue weighted by atomic mass is 10.0. The fraction of sp³-hybridized carbons (Fsp3) is 0.273. The summed E-state index contributed by atoms with van der Waals surface area (Å²) >= 11 is 1.66. The van der Waals surface area contributed by atoms with Crippen LogP contribution in [0.2, 0.25) is 0 Å². The Balaban J connectivity index is 1.95. The molecule has 27 heavy (non-hydrogen) atoms. The number of esters is 1. The molecule has 1 atom stereocenters. The van der Waals surface area contributed by atoms with Crippen molar-refractivity contribution in [2.75, 3.05) is 11.6 Å². The van der Waals surface area contributed by atoms with Crippen molar-refractivity contribution < 1.29 is 14.3 Å². The molecule has 0 unspecified atom stereocenters. The zero-order valence-electron chi connectivity index (χ0n) is 16.3. The zero-order valence-corrected chi connectivity index (χ0v) is 17.1. The highest BCUT2D eigenvalue weighted by Gasteiger charge is 2.18. The first kappa shape index (κ1) is 20.8. The molecule has 2 rings (SSSR count). The Morgan fingerprint density at radius 2 is 1.67 bits per heavy atom. The molecule has 0 spiro atoms. The monoisotopic (exact) mass is 383 g/mol. The number of thioether (sulfide) groups is 1. The highest BCUT2D eigenvalue weighted by atomic mass is 32.2. The summed E-state index contributed by atoms with van der Waals surface area (Å²) in [6, 6.07) is 11.8. The van der Waals surface area contributed by atoms with Crippen molar-refractivity contribution in [1.82, 2.24) is 0 Å². The van der Waals surface area contributed by atoms with Crippen LogP contribution in [0.25, 0.3) is 6.08 Å². The molecule has 0 heterocycles. The number of aryl methyl sites for hydroxylation is 3. The molecule has 1 N–H and O–H groups in total. The van der Waals surface area contributed by atoms with Crippen LogP contribution in [-0.4, -0.2) is 24.2 Å². The summed E-state index contributed by atoms with van der Waals surface area (Å²) in [7, 11) is 0. The number of ether oxygens (including phenoxy) is 1. The van der Waals surface area contributed by atoms with E-state index in [-0.39, 0.29) is 5.91 Å². The normalized spacial score (nSPS) is 12.0. The van der Waals surface area contributed by atoms with Crippen molar-refractivity contribution in [3.63, 3.8) is 0 Å². The van der Waals surface area contributed by atoms with Crippen LogP contribution < -0.4 is 5.32 Å². The van der Waals surface area contributed by atoms with Gasteiger partial charge in [-0.3, -0.25) is 4.79 Å². The van der Waals surface area contributed by atoms with E-state index in [0.29, 0.717) is 0 Å². The van der Waals surface area contributed by atoms with Gasteiger partial charge in [0.05, 0.1) is 0 Å². The topological polar surface area (TPSA) is 55.4 Å². The van der Waals surface area contributed by atoms with Crippen LogP contribution in [0.15, 0.2) is 47.4 Å². The molecule has 142 valence electrons. The van der Waals surface area contributed by atoms with E-state index in [1.807, 2.05) is 63.4 Å². The number of hydrogen-bond donors (Lipinski definition) is 1. The maximum Gasteiger partial charge on any atom is 0.331 e. The van der Waals surface area contributed by atoms with Crippen molar-refractivity contribution in [1.29, 1.82) is 0 Å². The fourth-order valence-electron chi connectivity index (χ4n) is 2.75. The number of rotatable bonds is 6. The van der Waals surface area contributed by atoms with Crippen LogP contribution in [0.5, 0.6) is 0 Å². The quantitative estimate of drug-likeness (QED) is 0.437. The molecule has 0 saturated heterocycles. The summed E-state index contributed by atoms with van der Waals surface area (Å²) in [5, 5.41) is 2.85. The van der Waals surface area contributed by atoms with Crippen molar-refractivity contribution in [3.05, 3.63) is 64.7 Å². The van der Waals surface area contributed by atoms with Crippen molar-refractivity contribution in [2.45, 2.75) is 38.7 Å². The summed E-state index contributed by atoms with van der Waals surface area (Å²) in [5.41, 5.74) is 4.75. The summed E-state index contributed by atoms with van der Waals surface area (Å²) in [6.45, 7) is 7.46. The van der Waals surface area contributed by atoms with E-state index in [2.05, 4.69) is 5.32 Å². The lowest BCUT2D eigenvalue weighted by Gasteiger charge is -2.16. The van der Waals surface area contributed by atoms with Gasteiger partial charge in [0.1, 0.15) is 0 Å². The maximum atomic E-state index is 12.4. The SMILES string of the molecule is CSc1ccc(/C=C/C(=O)O[C@H](C)C(=O)Nc2c(C)cc(C)cc2C)cc1. The Morgan fingerprint density at radius 1 is 1.07 bits per heavy atom. The first-order valence-corrected chi connectivity index (χ1v) is 9.94. The lowest BCUT2D eigenvalue weighted by molar-refractivity contribution is -0.148. The molecular formula is C22H25NO3S. The molecule has 0 aliphatic rings. The summed E-state index contributed by atoms with van der Waals surface area (Å²) in [4.78, 5) is 25.5. The van der Waals surface area contributed by atoms with Crippen LogP contribution >= 0.6 is 11.8 Å². The van der Waals surface area contributed by atoms with E-state index in [1.54, 1.807) is 24.8 Å². The number of carbonyl (C=O) groups is 2. The average molecular weight is 384 g/mol. The van der Waals surface area contributed by atoms with Gasteiger partial charge < -0.3 is 10.1 Å². The van der Waals surface area contributed by atoms with E-state index >= 15 is 0 Å². The van der Waals surface area contributed by atoms with Gasteiger partial charge in [-0.2, -0.15) is 0 Å². The predicted molar refractivity (Wildman–Crippen MR) is 112 cm³/mol. The second kappa shape index (κ2) is 9.42. The van der Waals surface area contributed by atoms with Gasteiger partial charge in [-0.25, -0.2) is 4.79 Å². The summed E-state index contributed by atoms with van der Waals surface area (Å²) < 4.78 is 5.21. The molecule has 0 fully saturated rings. The Labute approximate surface area is 165 Å². The molecule has 0 aromatic heterocycles. The van der Waals surface area contributed by atoms with Gasteiger partial charge in [0.15, 0.2) is 6.10 Å². The molecule has 4 nitrogen and oxygen atoms in total. The molecule has 0 radical (unpaired) electrons. The fourth-order valence-corrected chi connectivity index (χ4v) is 3.16. The minimum absolute atomic E-state index is 0.351. The second-order valence-corrected chi connectivity index (χ2v) is 7.33. The zero-order chi connectivity index (χ0) is 20.0. The van der Waals surface area contributed by atoms with Crippen LogP contribution in [0, 0.1) is 20.8 Å². The average Bonchev–Trinajstić information content (AvgIpc) is 2.63. The molecule has 0 aliphatic heterocycles. The molecule has 2 aromatic rings. The highest BCUT2D eigenvalue weighted by molar-refractivity contribution is 7.98. The number of hydrogen-bond acceptors (Lipinski definition) is 4. The lowest BCUT2D eigenvalue weighted by Crippen LogP contribution is -2.30. The Morgan fingerprint density at radius 3 is 2.22 bits per heavy atom. The Hall–Kier alpha value is -2.53. The minimum Gasteiger partial charge on any atom is -0.449 e. The van der Waals surface area contributed by atoms with E-state index in [9.17, 15) is 9.59 Å². The van der Waals surface area contributed by atoms with Gasteiger partial charge in [-0.05, 0) is 68.8 Å². The van der Waals surface area contributed by atoms with Gasteiger partial charge in [0.2, 0.25) is 0 Å². The van der Waals surface area contributed by atoms with Crippen molar-refractivity contribution in [2.24, 2.45) is 0 Å². The maximum absolute atomic E-state index is 12.4. The van der Waals surface area contributed by atoms with Crippen LogP contribution in [0.4, 0.5) is 5.69 Å². The van der Waals surface area contributed by atoms with Crippen LogP contribution in [0.3, 0.4) is 0 Å². The third-order valence-corrected chi connectivity index (χ3v) is 4.86. The Bertz CT molecular complexity index is 833. The molecular weight excluding hydrogens is 358 g/mol. The van der Waals surface area contributed by atoms with Crippen molar-refractivity contribution in [3.8, 4) is 0 Å². The first-order chi connectivity index (χ1) is 12.8. The molecule has 0 bridgehead atoms. The van der Waals surface area contributed by atoms with E-state index in [1.165, 1.54) is 6.08 Å².